The molecule has 0 aromatic carbocycles. The van der Waals surface area contributed by atoms with Gasteiger partial charge in [-0.05, 0) is 61.3 Å². The summed E-state index contributed by atoms with van der Waals surface area (Å²) < 4.78 is 34.6. The molecule has 220 valence electrons. The number of rotatable bonds is 21. The highest BCUT2D eigenvalue weighted by Gasteiger charge is 2.40. The van der Waals surface area contributed by atoms with Crippen LogP contribution in [0, 0.1) is 0 Å². The Balaban J connectivity index is 0.000000701. The van der Waals surface area contributed by atoms with Gasteiger partial charge in [-0.25, -0.2) is 4.79 Å². The molecule has 1 N–H and O–H groups in total. The molecule has 1 aliphatic rings. The predicted molar refractivity (Wildman–Crippen MR) is 150 cm³/mol. The van der Waals surface area contributed by atoms with Crippen LogP contribution >= 0.6 is 0 Å². The van der Waals surface area contributed by atoms with E-state index in [2.05, 4.69) is 9.89 Å². The predicted octanol–water partition coefficient (Wildman–Crippen LogP) is 4.19. The molecule has 1 amide bonds. The Labute approximate surface area is 227 Å². The van der Waals surface area contributed by atoms with E-state index in [4.69, 9.17) is 31.7 Å². The summed E-state index contributed by atoms with van der Waals surface area (Å²) in [5, 5.41) is 8.96. The summed E-state index contributed by atoms with van der Waals surface area (Å²) in [7, 11) is -5.07. The molecule has 0 aromatic heterocycles. The van der Waals surface area contributed by atoms with Crippen molar-refractivity contribution in [3.8, 4) is 0 Å². The minimum absolute atomic E-state index is 0.480. The van der Waals surface area contributed by atoms with E-state index in [-0.39, 0.29) is 0 Å². The second kappa shape index (κ2) is 21.8. The SMILES string of the molecule is CCO[Si](CCCN(CC)C(=O)O)(OCC)OCC.CCO[Si](CCCN1C=NCC1)(OCC)OCC. The maximum absolute atomic E-state index is 10.9. The number of hydrogen-bond acceptors (Lipinski definition) is 9. The van der Waals surface area contributed by atoms with Crippen molar-refractivity contribution < 1.29 is 36.5 Å². The monoisotopic (exact) mass is 567 g/mol. The first-order valence-corrected chi connectivity index (χ1v) is 17.7. The summed E-state index contributed by atoms with van der Waals surface area (Å²) in [6, 6.07) is 1.53. The Morgan fingerprint density at radius 2 is 1.24 bits per heavy atom. The molecule has 0 bridgehead atoms. The normalized spacial score (nSPS) is 13.5. The number of nitrogens with zero attached hydrogens (tertiary/aromatic N) is 3. The summed E-state index contributed by atoms with van der Waals surface area (Å²) in [4.78, 5) is 18.7. The van der Waals surface area contributed by atoms with Crippen LogP contribution < -0.4 is 0 Å². The molecular formula is C24H53N3O8Si2. The lowest BCUT2D eigenvalue weighted by atomic mass is 10.4. The molecule has 37 heavy (non-hydrogen) atoms. The van der Waals surface area contributed by atoms with Crippen LogP contribution in [0.15, 0.2) is 4.99 Å². The molecule has 0 atom stereocenters. The quantitative estimate of drug-likeness (QED) is 0.204. The summed E-state index contributed by atoms with van der Waals surface area (Å²) in [5.74, 6) is 0. The van der Waals surface area contributed by atoms with Crippen LogP contribution in [0.4, 0.5) is 4.79 Å². The molecular weight excluding hydrogens is 514 g/mol. The number of hydrogen-bond donors (Lipinski definition) is 1. The molecule has 0 aliphatic carbocycles. The van der Waals surface area contributed by atoms with Gasteiger partial charge in [-0.2, -0.15) is 0 Å². The van der Waals surface area contributed by atoms with Gasteiger partial charge in [0.1, 0.15) is 0 Å². The van der Waals surface area contributed by atoms with E-state index >= 15 is 0 Å². The molecule has 13 heteroatoms. The average molecular weight is 568 g/mol. The van der Waals surface area contributed by atoms with E-state index in [1.807, 2.05) is 54.8 Å². The van der Waals surface area contributed by atoms with Gasteiger partial charge in [0.15, 0.2) is 0 Å². The maximum Gasteiger partial charge on any atom is 0.500 e. The fourth-order valence-corrected chi connectivity index (χ4v) is 9.15. The van der Waals surface area contributed by atoms with Gasteiger partial charge in [0.05, 0.1) is 12.9 Å². The molecule has 1 heterocycles. The van der Waals surface area contributed by atoms with Crippen LogP contribution in [0.2, 0.25) is 12.1 Å². The summed E-state index contributed by atoms with van der Waals surface area (Å²) in [6.45, 7) is 21.1. The molecule has 0 saturated carbocycles. The van der Waals surface area contributed by atoms with E-state index in [9.17, 15) is 4.79 Å². The van der Waals surface area contributed by atoms with Crippen molar-refractivity contribution in [2.75, 3.05) is 72.4 Å². The zero-order valence-corrected chi connectivity index (χ0v) is 26.3. The van der Waals surface area contributed by atoms with E-state index in [1.165, 1.54) is 4.90 Å². The highest BCUT2D eigenvalue weighted by Crippen LogP contribution is 2.19. The maximum atomic E-state index is 10.9. The van der Waals surface area contributed by atoms with Gasteiger partial charge in [0.25, 0.3) is 0 Å². The first-order chi connectivity index (χ1) is 17.8. The van der Waals surface area contributed by atoms with Crippen LogP contribution in [-0.2, 0) is 26.6 Å². The minimum atomic E-state index is -2.63. The lowest BCUT2D eigenvalue weighted by Crippen LogP contribution is -2.46. The topological polar surface area (TPSA) is 112 Å². The van der Waals surface area contributed by atoms with Crippen LogP contribution in [0.25, 0.3) is 0 Å². The molecule has 11 nitrogen and oxygen atoms in total. The van der Waals surface area contributed by atoms with Gasteiger partial charge >= 0.3 is 23.7 Å². The van der Waals surface area contributed by atoms with Crippen molar-refractivity contribution >= 4 is 30.0 Å². The molecule has 0 saturated heterocycles. The Morgan fingerprint density at radius 1 is 0.811 bits per heavy atom. The van der Waals surface area contributed by atoms with Gasteiger partial charge in [0.2, 0.25) is 0 Å². The summed E-state index contributed by atoms with van der Waals surface area (Å²) in [5.41, 5.74) is 0. The van der Waals surface area contributed by atoms with Crippen molar-refractivity contribution in [3.63, 3.8) is 0 Å². The second-order valence-electron chi connectivity index (χ2n) is 8.09. The van der Waals surface area contributed by atoms with Gasteiger partial charge in [-0.3, -0.25) is 4.99 Å². The van der Waals surface area contributed by atoms with Crippen molar-refractivity contribution in [2.45, 2.75) is 73.4 Å². The van der Waals surface area contributed by atoms with Gasteiger partial charge in [0, 0.05) is 77.9 Å². The zero-order chi connectivity index (χ0) is 28.0. The molecule has 1 aliphatic heterocycles. The molecule has 0 unspecified atom stereocenters. The first kappa shape index (κ1) is 35.9. The Kier molecular flexibility index (Phi) is 21.2. The molecule has 0 spiro atoms. The zero-order valence-electron chi connectivity index (χ0n) is 24.3. The van der Waals surface area contributed by atoms with Crippen LogP contribution in [-0.4, -0.2) is 117 Å². The first-order valence-electron chi connectivity index (χ1n) is 13.9. The third-order valence-corrected chi connectivity index (χ3v) is 11.7. The van der Waals surface area contributed by atoms with Gasteiger partial charge in [-0.15, -0.1) is 0 Å². The van der Waals surface area contributed by atoms with Crippen molar-refractivity contribution in [1.82, 2.24) is 9.80 Å². The fourth-order valence-electron chi connectivity index (χ4n) is 3.96. The summed E-state index contributed by atoms with van der Waals surface area (Å²) in [6.07, 6.45) is 2.76. The number of aliphatic imine (C=N–C) groups is 1. The highest BCUT2D eigenvalue weighted by molar-refractivity contribution is 6.61. The number of carboxylic acid groups (broad SMARTS) is 1. The van der Waals surface area contributed by atoms with Crippen molar-refractivity contribution in [2.24, 2.45) is 4.99 Å². The van der Waals surface area contributed by atoms with Crippen LogP contribution in [0.5, 0.6) is 0 Å². The lowest BCUT2D eigenvalue weighted by Gasteiger charge is -2.29. The van der Waals surface area contributed by atoms with E-state index in [1.54, 1.807) is 0 Å². The summed E-state index contributed by atoms with van der Waals surface area (Å²) >= 11 is 0. The standard InChI is InChI=1S/C12H26N2O3Si.C12H27NO5Si/c1-4-15-18(16-5-2,17-6-3)11-7-9-14-10-8-13-12-14;1-5-13(12(14)15)10-9-11-19(16-6-2,17-7-3)18-8-4/h12H,4-11H2,1-3H3;5-11H2,1-4H3,(H,14,15). The smallest absolute Gasteiger partial charge is 0.465 e. The second-order valence-corrected chi connectivity index (χ2v) is 13.6. The van der Waals surface area contributed by atoms with Crippen LogP contribution in [0.3, 0.4) is 0 Å². The van der Waals surface area contributed by atoms with Crippen molar-refractivity contribution in [3.05, 3.63) is 0 Å². The highest BCUT2D eigenvalue weighted by atomic mass is 28.4. The third-order valence-electron chi connectivity index (χ3n) is 5.44. The van der Waals surface area contributed by atoms with Gasteiger partial charge in [-0.1, -0.05) is 0 Å². The Hall–Kier alpha value is -1.07. The Bertz CT molecular complexity index is 570. The van der Waals surface area contributed by atoms with Gasteiger partial charge < -0.3 is 41.5 Å². The fraction of sp³-hybridized carbons (Fsp3) is 0.917. The van der Waals surface area contributed by atoms with Crippen LogP contribution in [0.1, 0.15) is 61.3 Å². The largest absolute Gasteiger partial charge is 0.500 e. The third kappa shape index (κ3) is 15.2. The molecule has 0 radical (unpaired) electrons. The van der Waals surface area contributed by atoms with Crippen molar-refractivity contribution in [1.29, 1.82) is 0 Å². The van der Waals surface area contributed by atoms with E-state index < -0.39 is 23.7 Å². The minimum Gasteiger partial charge on any atom is -0.465 e. The number of amides is 1. The average Bonchev–Trinajstić information content (AvgIpc) is 3.37. The molecule has 0 fully saturated rings. The molecule has 0 aromatic rings. The van der Waals surface area contributed by atoms with E-state index in [0.717, 1.165) is 32.1 Å². The number of carbonyl (C=O) groups is 1. The lowest BCUT2D eigenvalue weighted by molar-refractivity contribution is 0.0692. The van der Waals surface area contributed by atoms with E-state index in [0.29, 0.717) is 65.2 Å². The molecule has 1 rings (SSSR count). The Morgan fingerprint density at radius 3 is 1.57 bits per heavy atom.